The fourth-order valence-electron chi connectivity index (χ4n) is 2.83. The molecule has 0 fully saturated rings. The maximum atomic E-state index is 12.7. The van der Waals surface area contributed by atoms with Gasteiger partial charge in [-0.3, -0.25) is 10.1 Å². The lowest BCUT2D eigenvalue weighted by Crippen LogP contribution is -2.12. The van der Waals surface area contributed by atoms with E-state index in [1.165, 1.54) is 16.9 Å². The van der Waals surface area contributed by atoms with Gasteiger partial charge in [-0.2, -0.15) is 0 Å². The topological polar surface area (TPSA) is 42.0 Å². The summed E-state index contributed by atoms with van der Waals surface area (Å²) in [6, 6.07) is 23.9. The van der Waals surface area contributed by atoms with Gasteiger partial charge >= 0.3 is 0 Å². The van der Waals surface area contributed by atoms with Crippen molar-refractivity contribution in [1.29, 1.82) is 0 Å². The first-order valence-electron chi connectivity index (χ1n) is 8.07. The van der Waals surface area contributed by atoms with E-state index in [-0.39, 0.29) is 5.91 Å². The second-order valence-electron chi connectivity index (χ2n) is 5.77. The molecule has 122 valence electrons. The second kappa shape index (κ2) is 6.87. The molecule has 1 amide bonds. The van der Waals surface area contributed by atoms with Crippen molar-refractivity contribution < 1.29 is 4.79 Å². The van der Waals surface area contributed by atoms with Crippen LogP contribution < -0.4 is 5.32 Å². The minimum absolute atomic E-state index is 0.127. The number of carbonyl (C=O) groups is 1. The molecule has 0 bridgehead atoms. The number of benzene rings is 3. The van der Waals surface area contributed by atoms with Crippen molar-refractivity contribution in [3.63, 3.8) is 0 Å². The van der Waals surface area contributed by atoms with Crippen LogP contribution in [0.25, 0.3) is 10.8 Å². The Labute approximate surface area is 150 Å². The standard InChI is InChI=1S/C21H16N2OS/c24-20(19-12-6-10-16-9-4-5-11-18(16)19)23-21-22-14-17(25-21)13-15-7-2-1-3-8-15/h1-12,14H,13H2,(H,22,23,24). The van der Waals surface area contributed by atoms with Crippen LogP contribution in [0.2, 0.25) is 0 Å². The molecule has 1 heterocycles. The van der Waals surface area contributed by atoms with Crippen LogP contribution in [0.4, 0.5) is 5.13 Å². The van der Waals surface area contributed by atoms with Gasteiger partial charge in [-0.25, -0.2) is 4.98 Å². The van der Waals surface area contributed by atoms with E-state index in [0.717, 1.165) is 22.1 Å². The highest BCUT2D eigenvalue weighted by Crippen LogP contribution is 2.23. The van der Waals surface area contributed by atoms with E-state index >= 15 is 0 Å². The highest BCUT2D eigenvalue weighted by atomic mass is 32.1. The molecule has 1 aromatic heterocycles. The fourth-order valence-corrected chi connectivity index (χ4v) is 3.67. The molecule has 0 saturated carbocycles. The van der Waals surface area contributed by atoms with E-state index in [1.807, 2.05) is 66.9 Å². The molecule has 0 radical (unpaired) electrons. The van der Waals surface area contributed by atoms with Gasteiger partial charge in [-0.1, -0.05) is 66.7 Å². The van der Waals surface area contributed by atoms with Gasteiger partial charge in [0.2, 0.25) is 0 Å². The molecule has 1 N–H and O–H groups in total. The molecule has 3 nitrogen and oxygen atoms in total. The third-order valence-corrected chi connectivity index (χ3v) is 4.94. The molecule has 0 saturated heterocycles. The summed E-state index contributed by atoms with van der Waals surface area (Å²) in [5.41, 5.74) is 1.90. The number of nitrogens with one attached hydrogen (secondary N) is 1. The molecule has 0 unspecified atom stereocenters. The van der Waals surface area contributed by atoms with Crippen LogP contribution >= 0.6 is 11.3 Å². The normalized spacial score (nSPS) is 10.7. The van der Waals surface area contributed by atoms with Gasteiger partial charge in [0.05, 0.1) is 0 Å². The van der Waals surface area contributed by atoms with Crippen LogP contribution in [-0.2, 0) is 6.42 Å². The summed E-state index contributed by atoms with van der Waals surface area (Å²) in [5, 5.41) is 5.56. The van der Waals surface area contributed by atoms with Gasteiger partial charge < -0.3 is 0 Å². The predicted octanol–water partition coefficient (Wildman–Crippen LogP) is 5.14. The number of hydrogen-bond donors (Lipinski definition) is 1. The Kier molecular flexibility index (Phi) is 4.27. The van der Waals surface area contributed by atoms with Crippen molar-refractivity contribution in [2.45, 2.75) is 6.42 Å². The van der Waals surface area contributed by atoms with Crippen molar-refractivity contribution in [1.82, 2.24) is 4.98 Å². The average molecular weight is 344 g/mol. The summed E-state index contributed by atoms with van der Waals surface area (Å²) in [6.45, 7) is 0. The highest BCUT2D eigenvalue weighted by molar-refractivity contribution is 7.15. The van der Waals surface area contributed by atoms with Gasteiger partial charge in [0.15, 0.2) is 5.13 Å². The number of rotatable bonds is 4. The summed E-state index contributed by atoms with van der Waals surface area (Å²) in [6.07, 6.45) is 2.65. The first-order chi connectivity index (χ1) is 12.3. The predicted molar refractivity (Wildman–Crippen MR) is 103 cm³/mol. The van der Waals surface area contributed by atoms with E-state index in [0.29, 0.717) is 10.7 Å². The molecule has 4 rings (SSSR count). The largest absolute Gasteiger partial charge is 0.298 e. The molecule has 0 aliphatic rings. The Hall–Kier alpha value is -2.98. The van der Waals surface area contributed by atoms with Gasteiger partial charge in [0.25, 0.3) is 5.91 Å². The first kappa shape index (κ1) is 15.5. The van der Waals surface area contributed by atoms with E-state index in [9.17, 15) is 4.79 Å². The molecule has 0 atom stereocenters. The van der Waals surface area contributed by atoms with Gasteiger partial charge in [0, 0.05) is 23.1 Å². The molecular formula is C21H16N2OS. The zero-order valence-corrected chi connectivity index (χ0v) is 14.3. The van der Waals surface area contributed by atoms with Gasteiger partial charge in [-0.05, 0) is 22.4 Å². The van der Waals surface area contributed by atoms with Crippen molar-refractivity contribution in [3.8, 4) is 0 Å². The van der Waals surface area contributed by atoms with E-state index in [2.05, 4.69) is 22.4 Å². The molecular weight excluding hydrogens is 328 g/mol. The lowest BCUT2D eigenvalue weighted by Gasteiger charge is -2.05. The zero-order valence-electron chi connectivity index (χ0n) is 13.5. The van der Waals surface area contributed by atoms with Crippen molar-refractivity contribution in [2.75, 3.05) is 5.32 Å². The number of fused-ring (bicyclic) bond motifs is 1. The number of nitrogens with zero attached hydrogens (tertiary/aromatic N) is 1. The van der Waals surface area contributed by atoms with E-state index in [1.54, 1.807) is 0 Å². The maximum Gasteiger partial charge on any atom is 0.258 e. The molecule has 3 aromatic carbocycles. The van der Waals surface area contributed by atoms with Crippen LogP contribution in [0.5, 0.6) is 0 Å². The summed E-state index contributed by atoms with van der Waals surface area (Å²) >= 11 is 1.51. The summed E-state index contributed by atoms with van der Waals surface area (Å²) in [4.78, 5) is 18.1. The molecule has 25 heavy (non-hydrogen) atoms. The lowest BCUT2D eigenvalue weighted by molar-refractivity contribution is 0.102. The zero-order chi connectivity index (χ0) is 17.1. The number of hydrogen-bond acceptors (Lipinski definition) is 3. The lowest BCUT2D eigenvalue weighted by atomic mass is 10.0. The molecule has 0 aliphatic carbocycles. The number of amides is 1. The number of aromatic nitrogens is 1. The van der Waals surface area contributed by atoms with Crippen molar-refractivity contribution in [2.24, 2.45) is 0 Å². The minimum atomic E-state index is -0.127. The molecule has 0 spiro atoms. The smallest absolute Gasteiger partial charge is 0.258 e. The maximum absolute atomic E-state index is 12.7. The Balaban J connectivity index is 1.53. The van der Waals surface area contributed by atoms with Crippen LogP contribution in [0, 0.1) is 0 Å². The van der Waals surface area contributed by atoms with Crippen LogP contribution in [0.15, 0.2) is 79.0 Å². The average Bonchev–Trinajstić information content (AvgIpc) is 3.09. The second-order valence-corrected chi connectivity index (χ2v) is 6.89. The number of anilines is 1. The molecule has 4 heteroatoms. The summed E-state index contributed by atoms with van der Waals surface area (Å²) < 4.78 is 0. The summed E-state index contributed by atoms with van der Waals surface area (Å²) in [5.74, 6) is -0.127. The van der Waals surface area contributed by atoms with Crippen LogP contribution in [0.3, 0.4) is 0 Å². The van der Waals surface area contributed by atoms with Crippen LogP contribution in [-0.4, -0.2) is 10.9 Å². The Morgan fingerprint density at radius 3 is 2.56 bits per heavy atom. The highest BCUT2D eigenvalue weighted by Gasteiger charge is 2.12. The monoisotopic (exact) mass is 344 g/mol. The number of thiazole rings is 1. The third-order valence-electron chi connectivity index (χ3n) is 4.03. The Morgan fingerprint density at radius 2 is 1.68 bits per heavy atom. The SMILES string of the molecule is O=C(Nc1ncc(Cc2ccccc2)s1)c1cccc2ccccc12. The third kappa shape index (κ3) is 3.44. The molecule has 0 aliphatic heterocycles. The van der Waals surface area contributed by atoms with Crippen molar-refractivity contribution >= 4 is 33.1 Å². The van der Waals surface area contributed by atoms with E-state index < -0.39 is 0 Å². The van der Waals surface area contributed by atoms with E-state index in [4.69, 9.17) is 0 Å². The quantitative estimate of drug-likeness (QED) is 0.557. The Morgan fingerprint density at radius 1 is 0.920 bits per heavy atom. The van der Waals surface area contributed by atoms with Crippen LogP contribution in [0.1, 0.15) is 20.8 Å². The van der Waals surface area contributed by atoms with Crippen molar-refractivity contribution in [3.05, 3.63) is 95.0 Å². The van der Waals surface area contributed by atoms with Gasteiger partial charge in [0.1, 0.15) is 0 Å². The molecule has 4 aromatic rings. The summed E-state index contributed by atoms with van der Waals surface area (Å²) in [7, 11) is 0. The Bertz CT molecular complexity index is 1020. The van der Waals surface area contributed by atoms with Gasteiger partial charge in [-0.15, -0.1) is 11.3 Å². The fraction of sp³-hybridized carbons (Fsp3) is 0.0476. The first-order valence-corrected chi connectivity index (χ1v) is 8.89. The minimum Gasteiger partial charge on any atom is -0.298 e. The number of carbonyl (C=O) groups excluding carboxylic acids is 1.